The molecule has 0 aliphatic carbocycles. The Hall–Kier alpha value is -2.25. The molecule has 3 rings (SSSR count). The fourth-order valence-corrected chi connectivity index (χ4v) is 3.56. The van der Waals surface area contributed by atoms with Crippen LogP contribution in [0.5, 0.6) is 5.75 Å². The number of rotatable bonds is 5. The van der Waals surface area contributed by atoms with Gasteiger partial charge in [0.25, 0.3) is 11.8 Å². The molecule has 8 heteroatoms. The zero-order chi connectivity index (χ0) is 20.4. The number of nitrogens with one attached hydrogen (secondary N) is 2. The predicted molar refractivity (Wildman–Crippen MR) is 112 cm³/mol. The molecule has 0 radical (unpaired) electrons. The van der Waals surface area contributed by atoms with Crippen molar-refractivity contribution < 1.29 is 14.3 Å². The van der Waals surface area contributed by atoms with Gasteiger partial charge >= 0.3 is 0 Å². The van der Waals surface area contributed by atoms with Crippen LogP contribution in [-0.4, -0.2) is 29.6 Å². The number of carbonyl (C=O) groups is 2. The number of hydrogen-bond acceptors (Lipinski definition) is 4. The molecule has 1 aliphatic heterocycles. The van der Waals surface area contributed by atoms with Gasteiger partial charge in [-0.3, -0.25) is 15.0 Å². The predicted octanol–water partition coefficient (Wildman–Crippen LogP) is 4.37. The van der Waals surface area contributed by atoms with Gasteiger partial charge < -0.3 is 10.1 Å². The van der Waals surface area contributed by atoms with Crippen molar-refractivity contribution in [2.75, 3.05) is 11.9 Å². The summed E-state index contributed by atoms with van der Waals surface area (Å²) in [5.41, 5.74) is 4.73. The highest BCUT2D eigenvalue weighted by Gasteiger charge is 2.35. The van der Waals surface area contributed by atoms with Crippen LogP contribution in [0.2, 0.25) is 5.02 Å². The fraction of sp³-hybridized carbons (Fsp3) is 0.300. The molecule has 2 aromatic rings. The lowest BCUT2D eigenvalue weighted by atomic mass is 10.0. The van der Waals surface area contributed by atoms with Crippen LogP contribution in [0.4, 0.5) is 5.69 Å². The highest BCUT2D eigenvalue weighted by atomic mass is 79.9. The molecule has 0 saturated carbocycles. The normalized spacial score (nSPS) is 15.9. The number of hydrogen-bond donors (Lipinski definition) is 2. The standard InChI is InChI=1S/C20H21BrClN3O3/c1-11(2)19-23-16-6-4-13(21)9-15(16)20(27)25(19)24-18(26)10-28-17-7-5-14(22)8-12(17)3/h4-9,11,19,23H,10H2,1-3H3,(H,24,26). The maximum atomic E-state index is 13.0. The van der Waals surface area contributed by atoms with E-state index in [4.69, 9.17) is 16.3 Å². The number of hydrazine groups is 1. The molecule has 1 heterocycles. The molecule has 0 spiro atoms. The molecular weight excluding hydrogens is 446 g/mol. The first kappa shape index (κ1) is 20.5. The van der Waals surface area contributed by atoms with Gasteiger partial charge in [-0.1, -0.05) is 41.4 Å². The van der Waals surface area contributed by atoms with Crippen molar-refractivity contribution in [3.63, 3.8) is 0 Å². The zero-order valence-corrected chi connectivity index (χ0v) is 18.1. The quantitative estimate of drug-likeness (QED) is 0.686. The number of aryl methyl sites for hydroxylation is 1. The molecule has 6 nitrogen and oxygen atoms in total. The Kier molecular flexibility index (Phi) is 6.15. The Bertz CT molecular complexity index is 920. The monoisotopic (exact) mass is 465 g/mol. The number of benzene rings is 2. The molecule has 1 atom stereocenters. The van der Waals surface area contributed by atoms with Crippen LogP contribution >= 0.6 is 27.5 Å². The third-order valence-corrected chi connectivity index (χ3v) is 5.11. The topological polar surface area (TPSA) is 70.7 Å². The number of halogens is 2. The number of anilines is 1. The molecule has 0 aromatic heterocycles. The van der Waals surface area contributed by atoms with E-state index >= 15 is 0 Å². The summed E-state index contributed by atoms with van der Waals surface area (Å²) >= 11 is 9.31. The Labute approximate surface area is 177 Å². The van der Waals surface area contributed by atoms with Crippen molar-refractivity contribution in [2.45, 2.75) is 26.9 Å². The lowest BCUT2D eigenvalue weighted by molar-refractivity contribution is -0.128. The van der Waals surface area contributed by atoms with Crippen LogP contribution in [0.1, 0.15) is 29.8 Å². The number of amides is 2. The lowest BCUT2D eigenvalue weighted by Gasteiger charge is -2.39. The van der Waals surface area contributed by atoms with E-state index in [1.807, 2.05) is 32.9 Å². The van der Waals surface area contributed by atoms with Crippen LogP contribution in [0.25, 0.3) is 0 Å². The molecule has 1 unspecified atom stereocenters. The van der Waals surface area contributed by atoms with Crippen LogP contribution in [0.3, 0.4) is 0 Å². The maximum Gasteiger partial charge on any atom is 0.276 e. The van der Waals surface area contributed by atoms with Gasteiger partial charge in [0.15, 0.2) is 6.61 Å². The minimum Gasteiger partial charge on any atom is -0.483 e. The average molecular weight is 467 g/mol. The SMILES string of the molecule is Cc1cc(Cl)ccc1OCC(=O)NN1C(=O)c2cc(Br)ccc2NC1C(C)C. The Morgan fingerprint density at radius 1 is 1.32 bits per heavy atom. The Morgan fingerprint density at radius 2 is 2.07 bits per heavy atom. The molecular formula is C20H21BrClN3O3. The fourth-order valence-electron chi connectivity index (χ4n) is 2.97. The van der Waals surface area contributed by atoms with Gasteiger partial charge in [-0.25, -0.2) is 5.01 Å². The molecule has 148 valence electrons. The first-order valence-electron chi connectivity index (χ1n) is 8.84. The van der Waals surface area contributed by atoms with E-state index in [2.05, 4.69) is 26.7 Å². The van der Waals surface area contributed by atoms with Crippen molar-refractivity contribution in [1.82, 2.24) is 10.4 Å². The van der Waals surface area contributed by atoms with E-state index in [9.17, 15) is 9.59 Å². The third-order valence-electron chi connectivity index (χ3n) is 4.38. The number of nitrogens with zero attached hydrogens (tertiary/aromatic N) is 1. The summed E-state index contributed by atoms with van der Waals surface area (Å²) in [5.74, 6) is -0.0591. The molecule has 2 N–H and O–H groups in total. The number of ether oxygens (including phenoxy) is 1. The summed E-state index contributed by atoms with van der Waals surface area (Å²) in [4.78, 5) is 25.4. The van der Waals surface area contributed by atoms with Gasteiger partial charge in [-0.05, 0) is 54.8 Å². The average Bonchev–Trinajstić information content (AvgIpc) is 2.63. The molecule has 0 bridgehead atoms. The van der Waals surface area contributed by atoms with Gasteiger partial charge in [-0.15, -0.1) is 0 Å². The smallest absolute Gasteiger partial charge is 0.276 e. The number of fused-ring (bicyclic) bond motifs is 1. The summed E-state index contributed by atoms with van der Waals surface area (Å²) in [6.07, 6.45) is -0.373. The van der Waals surface area contributed by atoms with Crippen LogP contribution < -0.4 is 15.5 Å². The molecule has 1 aliphatic rings. The largest absolute Gasteiger partial charge is 0.483 e. The second-order valence-electron chi connectivity index (χ2n) is 6.93. The highest BCUT2D eigenvalue weighted by molar-refractivity contribution is 9.10. The van der Waals surface area contributed by atoms with Crippen LogP contribution in [0, 0.1) is 12.8 Å². The molecule has 2 amide bonds. The summed E-state index contributed by atoms with van der Waals surface area (Å²) in [6.45, 7) is 5.58. The van der Waals surface area contributed by atoms with Crippen molar-refractivity contribution in [3.05, 3.63) is 57.0 Å². The second-order valence-corrected chi connectivity index (χ2v) is 8.28. The third kappa shape index (κ3) is 4.42. The minimum absolute atomic E-state index is 0.0699. The van der Waals surface area contributed by atoms with E-state index < -0.39 is 5.91 Å². The first-order valence-corrected chi connectivity index (χ1v) is 10.0. The van der Waals surface area contributed by atoms with E-state index in [0.29, 0.717) is 16.3 Å². The van der Waals surface area contributed by atoms with E-state index in [1.54, 1.807) is 24.3 Å². The summed E-state index contributed by atoms with van der Waals surface area (Å²) < 4.78 is 6.37. The van der Waals surface area contributed by atoms with Crippen LogP contribution in [0.15, 0.2) is 40.9 Å². The molecule has 28 heavy (non-hydrogen) atoms. The number of carbonyl (C=O) groups excluding carboxylic acids is 2. The van der Waals surface area contributed by atoms with Crippen molar-refractivity contribution in [1.29, 1.82) is 0 Å². The van der Waals surface area contributed by atoms with Gasteiger partial charge in [0.1, 0.15) is 11.9 Å². The molecule has 0 saturated heterocycles. The summed E-state index contributed by atoms with van der Waals surface area (Å²) in [6, 6.07) is 10.6. The van der Waals surface area contributed by atoms with Gasteiger partial charge in [0.2, 0.25) is 0 Å². The highest BCUT2D eigenvalue weighted by Crippen LogP contribution is 2.29. The summed E-state index contributed by atoms with van der Waals surface area (Å²) in [7, 11) is 0. The van der Waals surface area contributed by atoms with E-state index in [0.717, 1.165) is 15.7 Å². The molecule has 0 fully saturated rings. The first-order chi connectivity index (χ1) is 13.3. The van der Waals surface area contributed by atoms with Gasteiger partial charge in [-0.2, -0.15) is 0 Å². The molecule has 2 aromatic carbocycles. The Morgan fingerprint density at radius 3 is 2.75 bits per heavy atom. The maximum absolute atomic E-state index is 13.0. The second kappa shape index (κ2) is 8.41. The minimum atomic E-state index is -0.423. The van der Waals surface area contributed by atoms with Gasteiger partial charge in [0.05, 0.1) is 5.56 Å². The Balaban J connectivity index is 1.73. The summed E-state index contributed by atoms with van der Waals surface area (Å²) in [5, 5.41) is 5.25. The van der Waals surface area contributed by atoms with Crippen molar-refractivity contribution >= 4 is 45.0 Å². The van der Waals surface area contributed by atoms with Crippen molar-refractivity contribution in [3.8, 4) is 5.75 Å². The zero-order valence-electron chi connectivity index (χ0n) is 15.8. The van der Waals surface area contributed by atoms with E-state index in [-0.39, 0.29) is 24.6 Å². The van der Waals surface area contributed by atoms with Gasteiger partial charge in [0, 0.05) is 15.2 Å². The van der Waals surface area contributed by atoms with Crippen LogP contribution in [-0.2, 0) is 4.79 Å². The van der Waals surface area contributed by atoms with Crippen molar-refractivity contribution in [2.24, 2.45) is 5.92 Å². The van der Waals surface area contributed by atoms with E-state index in [1.165, 1.54) is 5.01 Å². The lowest BCUT2D eigenvalue weighted by Crippen LogP contribution is -2.59.